The second-order valence-electron chi connectivity index (χ2n) is 11.3. The van der Waals surface area contributed by atoms with Gasteiger partial charge in [-0.1, -0.05) is 6.92 Å². The topological polar surface area (TPSA) is 129 Å². The molecule has 9 nitrogen and oxygen atoms in total. The van der Waals surface area contributed by atoms with Crippen LogP contribution in [0.2, 0.25) is 0 Å². The van der Waals surface area contributed by atoms with Crippen LogP contribution in [0.4, 0.5) is 8.78 Å². The molecule has 246 valence electrons. The van der Waals surface area contributed by atoms with Crippen LogP contribution >= 0.6 is 22.7 Å². The van der Waals surface area contributed by atoms with Gasteiger partial charge in [0.05, 0.1) is 44.1 Å². The quantitative estimate of drug-likeness (QED) is 0.0911. The highest BCUT2D eigenvalue weighted by Gasteiger charge is 2.36. The number of benzene rings is 2. The smallest absolute Gasteiger partial charge is 0.306 e. The maximum Gasteiger partial charge on any atom is 0.306 e. The van der Waals surface area contributed by atoms with Crippen LogP contribution in [0.15, 0.2) is 24.3 Å². The molecule has 1 aliphatic carbocycles. The van der Waals surface area contributed by atoms with E-state index in [1.165, 1.54) is 38.5 Å². The number of ketones is 1. The molecule has 0 aliphatic heterocycles. The van der Waals surface area contributed by atoms with Crippen LogP contribution in [0.3, 0.4) is 0 Å². The lowest BCUT2D eigenvalue weighted by Gasteiger charge is -2.32. The summed E-state index contributed by atoms with van der Waals surface area (Å²) < 4.78 is 54.4. The van der Waals surface area contributed by atoms with Gasteiger partial charge in [0.25, 0.3) is 0 Å². The standard InChI is InChI=1S/C33H34F2O9S2/c1-16(32(37)38)10-22(36)27-13-21-26(46-27)15-24(42-3)31(29(21)35)44-9-5-4-8-43-30-23(41-2)14-25-20(28(30)34)12-18(45-25)11-17-6-7-19(17)33(39)40/h12-17,19H,4-11H2,1-3H3,(H,37,38)(H,39,40). The highest BCUT2D eigenvalue weighted by atomic mass is 32.1. The summed E-state index contributed by atoms with van der Waals surface area (Å²) in [6, 6.07) is 6.47. The summed E-state index contributed by atoms with van der Waals surface area (Å²) in [5, 5.41) is 19.0. The van der Waals surface area contributed by atoms with Gasteiger partial charge in [-0.05, 0) is 50.2 Å². The molecular weight excluding hydrogens is 642 g/mol. The number of thiophene rings is 2. The molecule has 1 aliphatic rings. The number of unbranched alkanes of at least 4 members (excludes halogenated alkanes) is 1. The van der Waals surface area contributed by atoms with E-state index in [1.54, 1.807) is 18.2 Å². The summed E-state index contributed by atoms with van der Waals surface area (Å²) >= 11 is 2.48. The Morgan fingerprint density at radius 3 is 1.93 bits per heavy atom. The summed E-state index contributed by atoms with van der Waals surface area (Å²) in [5.41, 5.74) is 0. The number of carboxylic acid groups (broad SMARTS) is 2. The third-order valence-corrected chi connectivity index (χ3v) is 10.5. The molecule has 0 radical (unpaired) electrons. The zero-order chi connectivity index (χ0) is 33.1. The minimum Gasteiger partial charge on any atom is -0.493 e. The Kier molecular flexibility index (Phi) is 10.3. The molecule has 2 aromatic heterocycles. The van der Waals surface area contributed by atoms with Crippen molar-refractivity contribution in [1.82, 2.24) is 0 Å². The Hall–Kier alpha value is -3.97. The van der Waals surface area contributed by atoms with Crippen LogP contribution in [0, 0.1) is 29.4 Å². The molecule has 0 amide bonds. The molecule has 46 heavy (non-hydrogen) atoms. The van der Waals surface area contributed by atoms with Crippen molar-refractivity contribution < 1.29 is 52.3 Å². The van der Waals surface area contributed by atoms with Gasteiger partial charge in [-0.3, -0.25) is 14.4 Å². The van der Waals surface area contributed by atoms with Crippen molar-refractivity contribution in [2.45, 2.75) is 45.4 Å². The fourth-order valence-corrected chi connectivity index (χ4v) is 7.69. The second-order valence-corrected chi connectivity index (χ2v) is 13.6. The molecule has 5 rings (SSSR count). The zero-order valence-electron chi connectivity index (χ0n) is 25.5. The number of hydrogen-bond acceptors (Lipinski definition) is 9. The molecule has 2 heterocycles. The third kappa shape index (κ3) is 6.90. The SMILES string of the molecule is COc1cc2sc(CC3CCC3C(=O)O)cc2c(F)c1OCCCCOc1c(OC)cc2sc(C(=O)CC(C)C(=O)O)cc2c1F. The van der Waals surface area contributed by atoms with Crippen molar-refractivity contribution in [3.63, 3.8) is 0 Å². The normalized spacial score (nSPS) is 16.6. The predicted octanol–water partition coefficient (Wildman–Crippen LogP) is 7.60. The minimum absolute atomic E-state index is 0.00829. The van der Waals surface area contributed by atoms with E-state index in [1.807, 2.05) is 0 Å². The molecule has 2 N–H and O–H groups in total. The molecular formula is C33H34F2O9S2. The Balaban J connectivity index is 1.19. The molecule has 0 saturated heterocycles. The molecule has 2 aromatic carbocycles. The number of halogens is 2. The summed E-state index contributed by atoms with van der Waals surface area (Å²) in [4.78, 5) is 36.3. The van der Waals surface area contributed by atoms with E-state index in [4.69, 9.17) is 24.1 Å². The average Bonchev–Trinajstić information content (AvgIpc) is 3.62. The molecule has 0 spiro atoms. The average molecular weight is 677 g/mol. The van der Waals surface area contributed by atoms with Gasteiger partial charge in [0.15, 0.2) is 40.4 Å². The Morgan fingerprint density at radius 2 is 1.43 bits per heavy atom. The maximum absolute atomic E-state index is 15.6. The lowest BCUT2D eigenvalue weighted by molar-refractivity contribution is -0.147. The van der Waals surface area contributed by atoms with Crippen LogP contribution in [-0.4, -0.2) is 55.4 Å². The van der Waals surface area contributed by atoms with Crippen LogP contribution < -0.4 is 18.9 Å². The second kappa shape index (κ2) is 14.2. The fraction of sp³-hybridized carbons (Fsp3) is 0.424. The summed E-state index contributed by atoms with van der Waals surface area (Å²) in [5.74, 6) is -4.33. The molecule has 1 fully saturated rings. The van der Waals surface area contributed by atoms with Crippen LogP contribution in [0.25, 0.3) is 20.2 Å². The number of ether oxygens (including phenoxy) is 4. The van der Waals surface area contributed by atoms with Gasteiger partial charge in [-0.25, -0.2) is 8.78 Å². The number of hydrogen-bond donors (Lipinski definition) is 2. The lowest BCUT2D eigenvalue weighted by Crippen LogP contribution is -2.33. The first-order chi connectivity index (χ1) is 22.0. The van der Waals surface area contributed by atoms with E-state index < -0.39 is 29.5 Å². The van der Waals surface area contributed by atoms with Crippen LogP contribution in [-0.2, 0) is 16.0 Å². The fourth-order valence-electron chi connectivity index (χ4n) is 5.48. The molecule has 13 heteroatoms. The third-order valence-electron chi connectivity index (χ3n) is 8.27. The largest absolute Gasteiger partial charge is 0.493 e. The monoisotopic (exact) mass is 676 g/mol. The van der Waals surface area contributed by atoms with Crippen molar-refractivity contribution in [3.05, 3.63) is 45.7 Å². The van der Waals surface area contributed by atoms with E-state index in [2.05, 4.69) is 0 Å². The number of methoxy groups -OCH3 is 2. The first kappa shape index (κ1) is 33.4. The van der Waals surface area contributed by atoms with Gasteiger partial charge in [0.1, 0.15) is 0 Å². The molecule has 3 atom stereocenters. The van der Waals surface area contributed by atoms with Crippen molar-refractivity contribution >= 4 is 60.6 Å². The van der Waals surface area contributed by atoms with Gasteiger partial charge in [-0.2, -0.15) is 0 Å². The van der Waals surface area contributed by atoms with Gasteiger partial charge < -0.3 is 29.2 Å². The minimum atomic E-state index is -1.08. The van der Waals surface area contributed by atoms with E-state index >= 15 is 8.78 Å². The van der Waals surface area contributed by atoms with Crippen molar-refractivity contribution in [3.8, 4) is 23.0 Å². The first-order valence-electron chi connectivity index (χ1n) is 14.9. The Labute approximate surface area is 271 Å². The number of rotatable bonds is 16. The van der Waals surface area contributed by atoms with Gasteiger partial charge in [-0.15, -0.1) is 22.7 Å². The summed E-state index contributed by atoms with van der Waals surface area (Å²) in [6.45, 7) is 1.69. The highest BCUT2D eigenvalue weighted by molar-refractivity contribution is 7.21. The van der Waals surface area contributed by atoms with Crippen molar-refractivity contribution in [2.75, 3.05) is 27.4 Å². The number of carboxylic acids is 2. The number of Topliss-reactive ketones (excluding diaryl/α,β-unsaturated/α-hetero) is 1. The number of carbonyl (C=O) groups is 3. The molecule has 0 bridgehead atoms. The first-order valence-corrected chi connectivity index (χ1v) is 16.5. The summed E-state index contributed by atoms with van der Waals surface area (Å²) in [6.07, 6.45) is 2.81. The van der Waals surface area contributed by atoms with Gasteiger partial charge in [0.2, 0.25) is 0 Å². The van der Waals surface area contributed by atoms with Crippen LogP contribution in [0.5, 0.6) is 23.0 Å². The Morgan fingerprint density at radius 1 is 0.870 bits per heavy atom. The van der Waals surface area contributed by atoms with Gasteiger partial charge >= 0.3 is 11.9 Å². The summed E-state index contributed by atoms with van der Waals surface area (Å²) in [7, 11) is 2.81. The molecule has 3 unspecified atom stereocenters. The molecule has 1 saturated carbocycles. The zero-order valence-corrected chi connectivity index (χ0v) is 27.2. The lowest BCUT2D eigenvalue weighted by atomic mass is 9.72. The predicted molar refractivity (Wildman–Crippen MR) is 170 cm³/mol. The van der Waals surface area contributed by atoms with E-state index in [0.29, 0.717) is 40.5 Å². The van der Waals surface area contributed by atoms with E-state index in [0.717, 1.165) is 22.6 Å². The van der Waals surface area contributed by atoms with Gasteiger partial charge in [0, 0.05) is 43.6 Å². The number of aliphatic carboxylic acids is 2. The van der Waals surface area contributed by atoms with Crippen molar-refractivity contribution in [1.29, 1.82) is 0 Å². The maximum atomic E-state index is 15.6. The van der Waals surface area contributed by atoms with Crippen LogP contribution in [0.1, 0.15) is 53.6 Å². The van der Waals surface area contributed by atoms with E-state index in [-0.39, 0.29) is 70.5 Å². The number of carbonyl (C=O) groups excluding carboxylic acids is 1. The van der Waals surface area contributed by atoms with E-state index in [9.17, 15) is 19.5 Å². The van der Waals surface area contributed by atoms with Crippen molar-refractivity contribution in [2.24, 2.45) is 17.8 Å². The highest BCUT2D eigenvalue weighted by Crippen LogP contribution is 2.44. The Bertz CT molecular complexity index is 1780. The molecule has 4 aromatic rings. The number of fused-ring (bicyclic) bond motifs is 2.